The molecule has 0 heterocycles. The van der Waals surface area contributed by atoms with E-state index in [-0.39, 0.29) is 33.8 Å². The number of nitroso groups, excluding NO2 is 1. The molecule has 0 aromatic heterocycles. The third kappa shape index (κ3) is 9.35. The van der Waals surface area contributed by atoms with Crippen molar-refractivity contribution in [1.82, 2.24) is 4.31 Å². The van der Waals surface area contributed by atoms with Crippen LogP contribution in [0.1, 0.15) is 62.1 Å². The summed E-state index contributed by atoms with van der Waals surface area (Å²) in [4.78, 5) is 11.3. The Morgan fingerprint density at radius 2 is 1.43 bits per heavy atom. The van der Waals surface area contributed by atoms with Crippen molar-refractivity contribution in [3.05, 3.63) is 122 Å². The van der Waals surface area contributed by atoms with E-state index in [4.69, 9.17) is 27.9 Å². The highest BCUT2D eigenvalue weighted by molar-refractivity contribution is 7.89. The van der Waals surface area contributed by atoms with Gasteiger partial charge in [0.15, 0.2) is 0 Å². The van der Waals surface area contributed by atoms with Gasteiger partial charge in [0.1, 0.15) is 27.9 Å². The molecule has 232 valence electrons. The molecular formula is C34H35Cl2FN2O4S. The Bertz CT molecular complexity index is 1650. The van der Waals surface area contributed by atoms with Crippen LogP contribution in [0, 0.1) is 10.7 Å². The fourth-order valence-corrected chi connectivity index (χ4v) is 7.10. The molecule has 0 aliphatic rings. The fraction of sp³-hybridized carbons (Fsp3) is 0.294. The van der Waals surface area contributed by atoms with Crippen molar-refractivity contribution < 1.29 is 17.5 Å². The number of unbranched alkanes of at least 4 members (excludes halogenated alkanes) is 5. The van der Waals surface area contributed by atoms with E-state index < -0.39 is 15.7 Å². The van der Waals surface area contributed by atoms with Gasteiger partial charge in [-0.3, -0.25) is 0 Å². The molecule has 0 N–H and O–H groups in total. The normalized spacial score (nSPS) is 11.6. The first-order valence-corrected chi connectivity index (χ1v) is 16.8. The summed E-state index contributed by atoms with van der Waals surface area (Å²) in [6.07, 6.45) is 8.25. The van der Waals surface area contributed by atoms with Gasteiger partial charge in [0.05, 0.1) is 5.02 Å². The first-order chi connectivity index (χ1) is 21.2. The monoisotopic (exact) mass is 656 g/mol. The summed E-state index contributed by atoms with van der Waals surface area (Å²) in [5.74, 6) is 0.503. The van der Waals surface area contributed by atoms with Crippen LogP contribution in [0.4, 0.5) is 10.1 Å². The Labute approximate surface area is 268 Å². The average Bonchev–Trinajstić information content (AvgIpc) is 3.00. The van der Waals surface area contributed by atoms with Gasteiger partial charge in [0.2, 0.25) is 10.0 Å². The topological polar surface area (TPSA) is 76.0 Å². The molecule has 0 unspecified atom stereocenters. The summed E-state index contributed by atoms with van der Waals surface area (Å²) >= 11 is 12.3. The van der Waals surface area contributed by atoms with E-state index in [9.17, 15) is 17.7 Å². The molecule has 0 atom stereocenters. The molecule has 0 saturated heterocycles. The van der Waals surface area contributed by atoms with Crippen LogP contribution in [0.2, 0.25) is 10.0 Å². The SMILES string of the molecule is CCCCCCCCc1ccc(CN(Cc2cccc(Oc3ccc(F)cc3)c2)S(=O)(=O)c2cc(Cl)cc(Cl)c2N=O)cc1. The predicted molar refractivity (Wildman–Crippen MR) is 175 cm³/mol. The third-order valence-electron chi connectivity index (χ3n) is 7.21. The molecule has 4 aromatic rings. The zero-order valence-corrected chi connectivity index (χ0v) is 26.8. The lowest BCUT2D eigenvalue weighted by Crippen LogP contribution is -2.30. The first kappa shape index (κ1) is 33.6. The molecule has 0 spiro atoms. The molecular weight excluding hydrogens is 622 g/mol. The van der Waals surface area contributed by atoms with E-state index in [1.54, 1.807) is 24.3 Å². The molecule has 4 aromatic carbocycles. The van der Waals surface area contributed by atoms with Gasteiger partial charge in [-0.15, -0.1) is 4.91 Å². The Morgan fingerprint density at radius 3 is 2.14 bits per heavy atom. The number of halogens is 3. The maximum absolute atomic E-state index is 14.1. The van der Waals surface area contributed by atoms with Crippen LogP contribution in [-0.2, 0) is 29.5 Å². The second kappa shape index (κ2) is 16.1. The van der Waals surface area contributed by atoms with Crippen LogP contribution in [0.3, 0.4) is 0 Å². The summed E-state index contributed by atoms with van der Waals surface area (Å²) in [5.41, 5.74) is 2.19. The van der Waals surface area contributed by atoms with Crippen molar-refractivity contribution in [2.24, 2.45) is 5.18 Å². The molecule has 0 aliphatic carbocycles. The van der Waals surface area contributed by atoms with Crippen LogP contribution in [0.5, 0.6) is 11.5 Å². The van der Waals surface area contributed by atoms with Crippen molar-refractivity contribution in [3.63, 3.8) is 0 Å². The zero-order valence-electron chi connectivity index (χ0n) is 24.5. The molecule has 0 aliphatic heterocycles. The maximum Gasteiger partial charge on any atom is 0.246 e. The maximum atomic E-state index is 14.1. The van der Waals surface area contributed by atoms with Crippen molar-refractivity contribution >= 4 is 38.9 Å². The number of rotatable bonds is 16. The Hall–Kier alpha value is -3.30. The first-order valence-electron chi connectivity index (χ1n) is 14.6. The number of sulfonamides is 1. The van der Waals surface area contributed by atoms with E-state index >= 15 is 0 Å². The highest BCUT2D eigenvalue weighted by atomic mass is 35.5. The minimum absolute atomic E-state index is 0.0190. The van der Waals surface area contributed by atoms with Gasteiger partial charge in [0, 0.05) is 18.1 Å². The van der Waals surface area contributed by atoms with Crippen LogP contribution in [-0.4, -0.2) is 12.7 Å². The summed E-state index contributed by atoms with van der Waals surface area (Å²) in [7, 11) is -4.31. The predicted octanol–water partition coefficient (Wildman–Crippen LogP) is 10.6. The number of aryl methyl sites for hydroxylation is 1. The van der Waals surface area contributed by atoms with Gasteiger partial charge in [-0.1, -0.05) is 98.6 Å². The number of hydrogen-bond acceptors (Lipinski definition) is 5. The summed E-state index contributed by atoms with van der Waals surface area (Å²) in [5, 5.41) is 2.82. The number of ether oxygens (including phenoxy) is 1. The molecule has 0 amide bonds. The van der Waals surface area contributed by atoms with Crippen LogP contribution in [0.15, 0.2) is 95.0 Å². The van der Waals surface area contributed by atoms with E-state index in [1.807, 2.05) is 24.3 Å². The van der Waals surface area contributed by atoms with E-state index in [2.05, 4.69) is 12.1 Å². The summed E-state index contributed by atoms with van der Waals surface area (Å²) in [6, 6.07) is 22.9. The minimum Gasteiger partial charge on any atom is -0.457 e. The van der Waals surface area contributed by atoms with Gasteiger partial charge < -0.3 is 4.74 Å². The van der Waals surface area contributed by atoms with Gasteiger partial charge in [-0.05, 0) is 83.2 Å². The quantitative estimate of drug-likeness (QED) is 0.0888. The Kier molecular flexibility index (Phi) is 12.3. The Balaban J connectivity index is 1.59. The third-order valence-corrected chi connectivity index (χ3v) is 9.52. The zero-order chi connectivity index (χ0) is 31.5. The van der Waals surface area contributed by atoms with Gasteiger partial charge in [-0.25, -0.2) is 12.8 Å². The average molecular weight is 658 g/mol. The number of hydrogen-bond donors (Lipinski definition) is 0. The fourth-order valence-electron chi connectivity index (χ4n) is 4.87. The highest BCUT2D eigenvalue weighted by Gasteiger charge is 2.30. The molecule has 4 rings (SSSR count). The molecule has 0 radical (unpaired) electrons. The molecule has 6 nitrogen and oxygen atoms in total. The van der Waals surface area contributed by atoms with Gasteiger partial charge in [0.25, 0.3) is 0 Å². The Morgan fingerprint density at radius 1 is 0.773 bits per heavy atom. The van der Waals surface area contributed by atoms with Crippen LogP contribution < -0.4 is 4.74 Å². The number of benzene rings is 4. The standard InChI is InChI=1S/C34H35Cl2FN2O4S/c1-2-3-4-5-6-7-9-25-12-14-26(15-13-25)23-39(44(41,42)33-22-28(35)21-32(36)34(33)38-40)24-27-10-8-11-31(20-27)43-30-18-16-29(37)17-19-30/h8,10-22H,2-7,9,23-24H2,1H3. The summed E-state index contributed by atoms with van der Waals surface area (Å²) in [6.45, 7) is 2.17. The highest BCUT2D eigenvalue weighted by Crippen LogP contribution is 2.38. The molecule has 0 fully saturated rings. The summed E-state index contributed by atoms with van der Waals surface area (Å²) < 4.78 is 48.6. The lowest BCUT2D eigenvalue weighted by molar-refractivity contribution is 0.400. The lowest BCUT2D eigenvalue weighted by Gasteiger charge is -2.24. The van der Waals surface area contributed by atoms with Crippen LogP contribution in [0.25, 0.3) is 0 Å². The van der Waals surface area contributed by atoms with Crippen molar-refractivity contribution in [3.8, 4) is 11.5 Å². The molecule has 10 heteroatoms. The smallest absolute Gasteiger partial charge is 0.246 e. The number of nitrogens with zero attached hydrogens (tertiary/aromatic N) is 2. The molecule has 0 bridgehead atoms. The van der Waals surface area contributed by atoms with E-state index in [1.165, 1.54) is 78.4 Å². The minimum atomic E-state index is -4.31. The molecule has 0 saturated carbocycles. The van der Waals surface area contributed by atoms with Crippen molar-refractivity contribution in [2.75, 3.05) is 0 Å². The second-order valence-corrected chi connectivity index (χ2v) is 13.4. The lowest BCUT2D eigenvalue weighted by atomic mass is 10.0. The molecule has 44 heavy (non-hydrogen) atoms. The van der Waals surface area contributed by atoms with Gasteiger partial charge >= 0.3 is 0 Å². The van der Waals surface area contributed by atoms with Crippen molar-refractivity contribution in [1.29, 1.82) is 0 Å². The van der Waals surface area contributed by atoms with E-state index in [0.717, 1.165) is 18.4 Å². The second-order valence-electron chi connectivity index (χ2n) is 10.6. The van der Waals surface area contributed by atoms with Gasteiger partial charge in [-0.2, -0.15) is 4.31 Å². The van der Waals surface area contributed by atoms with Crippen LogP contribution >= 0.6 is 23.2 Å². The largest absolute Gasteiger partial charge is 0.457 e. The van der Waals surface area contributed by atoms with E-state index in [0.29, 0.717) is 17.1 Å². The van der Waals surface area contributed by atoms with Crippen molar-refractivity contribution in [2.45, 2.75) is 69.9 Å².